The Morgan fingerprint density at radius 3 is 2.63 bits per heavy atom. The molecule has 0 unspecified atom stereocenters. The Morgan fingerprint density at radius 1 is 1.11 bits per heavy atom. The van der Waals surface area contributed by atoms with E-state index in [1.54, 1.807) is 18.4 Å². The van der Waals surface area contributed by atoms with Crippen LogP contribution in [-0.4, -0.2) is 52.0 Å². The van der Waals surface area contributed by atoms with Crippen LogP contribution in [-0.2, 0) is 11.3 Å². The number of aromatic nitrogens is 2. The first-order chi connectivity index (χ1) is 17.1. The molecule has 178 valence electrons. The molecule has 1 atom stereocenters. The number of carbonyl (C=O) groups is 1. The summed E-state index contributed by atoms with van der Waals surface area (Å²) in [5.74, 6) is 1.41. The molecular weight excluding hydrogens is 442 g/mol. The summed E-state index contributed by atoms with van der Waals surface area (Å²) in [4.78, 5) is 15.3. The molecule has 2 aromatic carbocycles. The smallest absolute Gasteiger partial charge is 0.257 e. The summed E-state index contributed by atoms with van der Waals surface area (Å²) in [6.45, 7) is 0.806. The first-order valence-corrected chi connectivity index (χ1v) is 11.5. The monoisotopic (exact) mass is 469 g/mol. The Labute approximate surface area is 204 Å². The van der Waals surface area contributed by atoms with E-state index in [1.807, 2.05) is 95.8 Å². The minimum atomic E-state index is -0.274. The van der Waals surface area contributed by atoms with Gasteiger partial charge in [0.1, 0.15) is 17.6 Å². The summed E-state index contributed by atoms with van der Waals surface area (Å²) < 4.78 is 12.7. The number of likely N-dealkylation sites (N-methyl/N-ethyl adjacent to an activating group) is 1. The van der Waals surface area contributed by atoms with Crippen LogP contribution >= 0.6 is 0 Å². The van der Waals surface area contributed by atoms with E-state index in [-0.39, 0.29) is 18.5 Å². The van der Waals surface area contributed by atoms with Crippen LogP contribution in [0.4, 0.5) is 0 Å². The van der Waals surface area contributed by atoms with Crippen molar-refractivity contribution in [1.82, 2.24) is 19.7 Å². The third-order valence-corrected chi connectivity index (χ3v) is 5.98. The number of methoxy groups -OCH3 is 1. The van der Waals surface area contributed by atoms with E-state index >= 15 is 0 Å². The molecule has 2 aromatic heterocycles. The third-order valence-electron chi connectivity index (χ3n) is 5.98. The van der Waals surface area contributed by atoms with Gasteiger partial charge in [0.05, 0.1) is 37.5 Å². The third kappa shape index (κ3) is 5.02. The average Bonchev–Trinajstić information content (AvgIpc) is 3.65. The van der Waals surface area contributed by atoms with Gasteiger partial charge in [0.2, 0.25) is 0 Å². The van der Waals surface area contributed by atoms with E-state index in [1.165, 1.54) is 0 Å². The van der Waals surface area contributed by atoms with Crippen LogP contribution < -0.4 is 4.74 Å². The van der Waals surface area contributed by atoms with Gasteiger partial charge in [-0.25, -0.2) is 9.69 Å². The standard InChI is InChI=1S/C27H27N5O3/c1-30(17-20-16-28-31(18-20)22-7-4-3-5-8-22)19-27(33)32-25(26-9-6-14-35-26)15-24(29-32)21-10-12-23(34-2)13-11-21/h3-14,16,18,25H,15,17,19H2,1-2H3/t25-/m0/s1. The molecule has 0 saturated carbocycles. The summed E-state index contributed by atoms with van der Waals surface area (Å²) in [7, 11) is 3.56. The molecule has 0 radical (unpaired) electrons. The maximum atomic E-state index is 13.4. The highest BCUT2D eigenvalue weighted by Crippen LogP contribution is 2.33. The lowest BCUT2D eigenvalue weighted by atomic mass is 10.0. The second kappa shape index (κ2) is 9.99. The summed E-state index contributed by atoms with van der Waals surface area (Å²) in [5, 5.41) is 10.7. The maximum absolute atomic E-state index is 13.4. The fourth-order valence-electron chi connectivity index (χ4n) is 4.24. The molecule has 1 amide bonds. The molecule has 0 fully saturated rings. The number of hydrazone groups is 1. The van der Waals surface area contributed by atoms with Crippen LogP contribution in [0.3, 0.4) is 0 Å². The van der Waals surface area contributed by atoms with Crippen molar-refractivity contribution in [3.63, 3.8) is 0 Å². The lowest BCUT2D eigenvalue weighted by molar-refractivity contribution is -0.134. The van der Waals surface area contributed by atoms with Crippen LogP contribution in [0, 0.1) is 0 Å². The van der Waals surface area contributed by atoms with Gasteiger partial charge in [-0.1, -0.05) is 18.2 Å². The van der Waals surface area contributed by atoms with Gasteiger partial charge >= 0.3 is 0 Å². The minimum Gasteiger partial charge on any atom is -0.497 e. The molecule has 0 N–H and O–H groups in total. The zero-order chi connectivity index (χ0) is 24.2. The van der Waals surface area contributed by atoms with Gasteiger partial charge in [0.15, 0.2) is 0 Å². The van der Waals surface area contributed by atoms with E-state index < -0.39 is 0 Å². The van der Waals surface area contributed by atoms with Crippen LogP contribution in [0.15, 0.2) is 94.9 Å². The van der Waals surface area contributed by atoms with Gasteiger partial charge < -0.3 is 9.15 Å². The van der Waals surface area contributed by atoms with E-state index in [0.717, 1.165) is 34.0 Å². The molecule has 3 heterocycles. The predicted octanol–water partition coefficient (Wildman–Crippen LogP) is 4.28. The number of amides is 1. The van der Waals surface area contributed by atoms with Crippen molar-refractivity contribution >= 4 is 11.6 Å². The summed E-state index contributed by atoms with van der Waals surface area (Å²) in [6.07, 6.45) is 6.02. The van der Waals surface area contributed by atoms with E-state index in [4.69, 9.17) is 14.3 Å². The first-order valence-electron chi connectivity index (χ1n) is 11.5. The Kier molecular flexibility index (Phi) is 6.45. The zero-order valence-corrected chi connectivity index (χ0v) is 19.7. The Balaban J connectivity index is 1.29. The highest BCUT2D eigenvalue weighted by molar-refractivity contribution is 6.03. The largest absolute Gasteiger partial charge is 0.497 e. The van der Waals surface area contributed by atoms with Gasteiger partial charge in [-0.2, -0.15) is 10.2 Å². The van der Waals surface area contributed by atoms with Crippen molar-refractivity contribution in [3.05, 3.63) is 102 Å². The van der Waals surface area contributed by atoms with Crippen LogP contribution in [0.25, 0.3) is 5.69 Å². The number of nitrogens with zero attached hydrogens (tertiary/aromatic N) is 5. The lowest BCUT2D eigenvalue weighted by Gasteiger charge is -2.23. The Bertz CT molecular complexity index is 1300. The van der Waals surface area contributed by atoms with Crippen molar-refractivity contribution in [3.8, 4) is 11.4 Å². The second-order valence-corrected chi connectivity index (χ2v) is 8.55. The number of ether oxygens (including phenoxy) is 1. The number of carbonyl (C=O) groups excluding carboxylic acids is 1. The number of furan rings is 1. The number of hydrogen-bond donors (Lipinski definition) is 0. The molecule has 0 bridgehead atoms. The number of benzene rings is 2. The van der Waals surface area contributed by atoms with E-state index in [9.17, 15) is 4.79 Å². The van der Waals surface area contributed by atoms with Gasteiger partial charge in [0.25, 0.3) is 5.91 Å². The molecule has 35 heavy (non-hydrogen) atoms. The minimum absolute atomic E-state index is 0.0899. The quantitative estimate of drug-likeness (QED) is 0.385. The van der Waals surface area contributed by atoms with Gasteiger partial charge in [0, 0.05) is 24.7 Å². The summed E-state index contributed by atoms with van der Waals surface area (Å²) in [5.41, 5.74) is 3.82. The molecule has 4 aromatic rings. The van der Waals surface area contributed by atoms with Crippen molar-refractivity contribution in [2.75, 3.05) is 20.7 Å². The topological polar surface area (TPSA) is 76.1 Å². The molecule has 0 spiro atoms. The molecule has 8 heteroatoms. The Hall–Kier alpha value is -4.17. The van der Waals surface area contributed by atoms with Gasteiger partial charge in [-0.3, -0.25) is 9.69 Å². The van der Waals surface area contributed by atoms with Crippen LogP contribution in [0.2, 0.25) is 0 Å². The lowest BCUT2D eigenvalue weighted by Crippen LogP contribution is -2.36. The van der Waals surface area contributed by atoms with Gasteiger partial charge in [-0.15, -0.1) is 0 Å². The number of hydrogen-bond acceptors (Lipinski definition) is 6. The highest BCUT2D eigenvalue weighted by Gasteiger charge is 2.35. The normalized spacial score (nSPS) is 15.5. The maximum Gasteiger partial charge on any atom is 0.257 e. The van der Waals surface area contributed by atoms with Crippen molar-refractivity contribution in [2.24, 2.45) is 5.10 Å². The second-order valence-electron chi connectivity index (χ2n) is 8.55. The zero-order valence-electron chi connectivity index (χ0n) is 19.7. The van der Waals surface area contributed by atoms with Crippen LogP contribution in [0.5, 0.6) is 5.75 Å². The summed E-state index contributed by atoms with van der Waals surface area (Å²) >= 11 is 0. The number of rotatable bonds is 8. The Morgan fingerprint density at radius 2 is 1.91 bits per heavy atom. The first kappa shape index (κ1) is 22.6. The fraction of sp³-hybridized carbons (Fsp3) is 0.222. The number of para-hydroxylation sites is 1. The summed E-state index contributed by atoms with van der Waals surface area (Å²) in [6, 6.07) is 21.1. The molecule has 8 nitrogen and oxygen atoms in total. The molecule has 1 aliphatic heterocycles. The van der Waals surface area contributed by atoms with Crippen molar-refractivity contribution in [1.29, 1.82) is 0 Å². The molecule has 0 aliphatic carbocycles. The molecule has 5 rings (SSSR count). The molecule has 1 aliphatic rings. The van der Waals surface area contributed by atoms with Crippen LogP contribution in [0.1, 0.15) is 29.3 Å². The van der Waals surface area contributed by atoms with Crippen molar-refractivity contribution < 1.29 is 13.9 Å². The van der Waals surface area contributed by atoms with E-state index in [2.05, 4.69) is 5.10 Å². The fourth-order valence-corrected chi connectivity index (χ4v) is 4.24. The van der Waals surface area contributed by atoms with E-state index in [0.29, 0.717) is 13.0 Å². The highest BCUT2D eigenvalue weighted by atomic mass is 16.5. The SMILES string of the molecule is COc1ccc(C2=NN(C(=O)CN(C)Cc3cnn(-c4ccccc4)c3)[C@H](c3ccco3)C2)cc1. The molecular formula is C27H27N5O3. The van der Waals surface area contributed by atoms with Crippen molar-refractivity contribution in [2.45, 2.75) is 19.0 Å². The van der Waals surface area contributed by atoms with Gasteiger partial charge in [-0.05, 0) is 61.1 Å². The average molecular weight is 470 g/mol. The molecule has 0 saturated heterocycles. The predicted molar refractivity (Wildman–Crippen MR) is 132 cm³/mol.